The highest BCUT2D eigenvalue weighted by Crippen LogP contribution is 2.42. The fourth-order valence-corrected chi connectivity index (χ4v) is 5.61. The number of benzene rings is 2. The monoisotopic (exact) mass is 628 g/mol. The molecule has 2 heterocycles. The minimum Gasteiger partial charge on any atom is -0.478 e. The SMILES string of the molecule is CC(=O)OCCCN1CCN(C2Cc3ccccc3Sc3ccccc32)CC1.O=C(O)/C=C\C(=O)O.O=C(O)/C=C\C(=O)O. The molecule has 1 unspecified atom stereocenters. The fourth-order valence-electron chi connectivity index (χ4n) is 4.47. The van der Waals surface area contributed by atoms with Crippen LogP contribution in [0.4, 0.5) is 0 Å². The van der Waals surface area contributed by atoms with E-state index >= 15 is 0 Å². The molecule has 1 atom stereocenters. The maximum Gasteiger partial charge on any atom is 0.328 e. The molecular formula is C31H36N2O10S. The smallest absolute Gasteiger partial charge is 0.328 e. The van der Waals surface area contributed by atoms with E-state index < -0.39 is 23.9 Å². The van der Waals surface area contributed by atoms with Gasteiger partial charge in [-0.05, 0) is 36.1 Å². The molecule has 1 saturated heterocycles. The van der Waals surface area contributed by atoms with E-state index in [1.54, 1.807) is 0 Å². The van der Waals surface area contributed by atoms with Crippen LogP contribution in [0.25, 0.3) is 0 Å². The Hall–Kier alpha value is -4.46. The van der Waals surface area contributed by atoms with Crippen LogP contribution >= 0.6 is 11.8 Å². The number of esters is 1. The van der Waals surface area contributed by atoms with Gasteiger partial charge in [0.15, 0.2) is 0 Å². The normalized spacial score (nSPS) is 16.2. The Bertz CT molecular complexity index is 1290. The van der Waals surface area contributed by atoms with E-state index in [2.05, 4.69) is 58.3 Å². The summed E-state index contributed by atoms with van der Waals surface area (Å²) in [5.74, 6) is -5.21. The summed E-state index contributed by atoms with van der Waals surface area (Å²) in [5.41, 5.74) is 2.92. The number of aliphatic carboxylic acids is 4. The number of ether oxygens (including phenoxy) is 1. The molecule has 12 nitrogen and oxygen atoms in total. The van der Waals surface area contributed by atoms with Gasteiger partial charge in [0, 0.05) is 79.8 Å². The lowest BCUT2D eigenvalue weighted by molar-refractivity contribution is -0.141. The first kappa shape index (κ1) is 35.7. The van der Waals surface area contributed by atoms with Crippen molar-refractivity contribution in [2.45, 2.75) is 35.6 Å². The number of nitrogens with zero attached hydrogens (tertiary/aromatic N) is 2. The second-order valence-electron chi connectivity index (χ2n) is 9.56. The third kappa shape index (κ3) is 13.7. The Morgan fingerprint density at radius 2 is 1.27 bits per heavy atom. The molecule has 0 saturated carbocycles. The Balaban J connectivity index is 0.000000349. The Morgan fingerprint density at radius 1 is 0.773 bits per heavy atom. The summed E-state index contributed by atoms with van der Waals surface area (Å²) in [7, 11) is 0. The summed E-state index contributed by atoms with van der Waals surface area (Å²) in [6, 6.07) is 18.2. The molecule has 0 amide bonds. The Morgan fingerprint density at radius 3 is 1.80 bits per heavy atom. The van der Waals surface area contributed by atoms with Gasteiger partial charge in [0.1, 0.15) is 0 Å². The van der Waals surface area contributed by atoms with E-state index in [0.29, 0.717) is 37.0 Å². The number of carboxylic acid groups (broad SMARTS) is 4. The molecule has 4 N–H and O–H groups in total. The first-order chi connectivity index (χ1) is 21.0. The number of carboxylic acids is 4. The van der Waals surface area contributed by atoms with Crippen LogP contribution in [0.1, 0.15) is 30.5 Å². The van der Waals surface area contributed by atoms with Crippen molar-refractivity contribution in [1.29, 1.82) is 0 Å². The lowest BCUT2D eigenvalue weighted by Gasteiger charge is -2.39. The third-order valence-electron chi connectivity index (χ3n) is 6.39. The van der Waals surface area contributed by atoms with Gasteiger partial charge < -0.3 is 30.1 Å². The van der Waals surface area contributed by atoms with Crippen LogP contribution in [0.2, 0.25) is 0 Å². The van der Waals surface area contributed by atoms with Gasteiger partial charge in [0.2, 0.25) is 0 Å². The predicted molar refractivity (Wildman–Crippen MR) is 162 cm³/mol. The van der Waals surface area contributed by atoms with Gasteiger partial charge in [-0.15, -0.1) is 0 Å². The van der Waals surface area contributed by atoms with Crippen LogP contribution in [0, 0.1) is 0 Å². The molecule has 2 aliphatic rings. The average Bonchev–Trinajstić information content (AvgIpc) is 3.15. The van der Waals surface area contributed by atoms with E-state index in [1.165, 1.54) is 27.8 Å². The molecule has 13 heteroatoms. The highest BCUT2D eigenvalue weighted by molar-refractivity contribution is 7.99. The average molecular weight is 629 g/mol. The number of hydrogen-bond donors (Lipinski definition) is 4. The zero-order valence-corrected chi connectivity index (χ0v) is 25.0. The van der Waals surface area contributed by atoms with Crippen LogP contribution in [0.5, 0.6) is 0 Å². The van der Waals surface area contributed by atoms with Crippen molar-refractivity contribution in [1.82, 2.24) is 9.80 Å². The van der Waals surface area contributed by atoms with E-state index in [9.17, 15) is 24.0 Å². The highest BCUT2D eigenvalue weighted by Gasteiger charge is 2.29. The number of carbonyl (C=O) groups is 5. The van der Waals surface area contributed by atoms with Crippen molar-refractivity contribution < 1.29 is 49.1 Å². The Kier molecular flexibility index (Phi) is 15.4. The summed E-state index contributed by atoms with van der Waals surface area (Å²) < 4.78 is 5.06. The van der Waals surface area contributed by atoms with Gasteiger partial charge in [0.25, 0.3) is 0 Å². The lowest BCUT2D eigenvalue weighted by atomic mass is 9.96. The molecule has 0 radical (unpaired) electrons. The van der Waals surface area contributed by atoms with Crippen LogP contribution in [0.3, 0.4) is 0 Å². The molecule has 2 aromatic rings. The van der Waals surface area contributed by atoms with Gasteiger partial charge in [-0.2, -0.15) is 0 Å². The maximum atomic E-state index is 10.9. The quantitative estimate of drug-likeness (QED) is 0.180. The molecule has 0 spiro atoms. The van der Waals surface area contributed by atoms with Crippen LogP contribution in [0.15, 0.2) is 82.6 Å². The molecule has 0 bridgehead atoms. The van der Waals surface area contributed by atoms with Crippen molar-refractivity contribution in [3.63, 3.8) is 0 Å². The topological polar surface area (TPSA) is 182 Å². The number of rotatable bonds is 9. The molecule has 0 aromatic heterocycles. The van der Waals surface area contributed by atoms with Gasteiger partial charge in [-0.25, -0.2) is 19.2 Å². The molecule has 2 aliphatic heterocycles. The number of carbonyl (C=O) groups excluding carboxylic acids is 1. The van der Waals surface area contributed by atoms with Gasteiger partial charge >= 0.3 is 29.8 Å². The Labute approximate surface area is 259 Å². The summed E-state index contributed by atoms with van der Waals surface area (Å²) in [4.78, 5) is 57.0. The predicted octanol–water partition coefficient (Wildman–Crippen LogP) is 3.43. The number of fused-ring (bicyclic) bond motifs is 2. The summed E-state index contributed by atoms with van der Waals surface area (Å²) in [5, 5.41) is 31.2. The standard InChI is InChI=1S/C23H28N2O2S.2C4H4O4/c1-18(26)27-16-6-11-24-12-14-25(15-13-24)21-17-19-7-2-4-9-22(19)28-23-10-5-3-8-20(21)23;2*5-3(6)1-2-4(7)8/h2-5,7-10,21H,6,11-17H2,1H3;2*1-2H,(H,5,6)(H,7,8)/b;2*2-1-. The van der Waals surface area contributed by atoms with E-state index in [1.807, 2.05) is 11.8 Å². The van der Waals surface area contributed by atoms with Crippen molar-refractivity contribution >= 4 is 41.6 Å². The minimum absolute atomic E-state index is 0.185. The van der Waals surface area contributed by atoms with Crippen LogP contribution in [-0.2, 0) is 35.1 Å². The van der Waals surface area contributed by atoms with E-state index in [4.69, 9.17) is 25.2 Å². The summed E-state index contributed by atoms with van der Waals surface area (Å²) in [6.07, 6.45) is 4.22. The maximum absolute atomic E-state index is 10.9. The van der Waals surface area contributed by atoms with Gasteiger partial charge in [-0.1, -0.05) is 48.2 Å². The van der Waals surface area contributed by atoms with Crippen LogP contribution < -0.4 is 0 Å². The molecular weight excluding hydrogens is 592 g/mol. The van der Waals surface area contributed by atoms with E-state index in [-0.39, 0.29) is 5.97 Å². The van der Waals surface area contributed by atoms with Gasteiger partial charge in [0.05, 0.1) is 6.61 Å². The molecule has 236 valence electrons. The zero-order valence-electron chi connectivity index (χ0n) is 24.2. The third-order valence-corrected chi connectivity index (χ3v) is 7.60. The van der Waals surface area contributed by atoms with Crippen molar-refractivity contribution in [3.8, 4) is 0 Å². The lowest BCUT2D eigenvalue weighted by Crippen LogP contribution is -2.48. The molecule has 4 rings (SSSR count). The minimum atomic E-state index is -1.26. The van der Waals surface area contributed by atoms with Crippen molar-refractivity contribution in [2.24, 2.45) is 0 Å². The highest BCUT2D eigenvalue weighted by atomic mass is 32.2. The van der Waals surface area contributed by atoms with Gasteiger partial charge in [-0.3, -0.25) is 9.69 Å². The molecule has 1 fully saturated rings. The van der Waals surface area contributed by atoms with Crippen LogP contribution in [-0.4, -0.2) is 99.4 Å². The first-order valence-corrected chi connectivity index (χ1v) is 14.5. The largest absolute Gasteiger partial charge is 0.478 e. The zero-order chi connectivity index (χ0) is 32.5. The summed E-state index contributed by atoms with van der Waals surface area (Å²) >= 11 is 1.91. The van der Waals surface area contributed by atoms with Crippen molar-refractivity contribution in [2.75, 3.05) is 39.3 Å². The number of hydrogen-bond acceptors (Lipinski definition) is 9. The summed E-state index contributed by atoms with van der Waals surface area (Å²) in [6.45, 7) is 7.32. The van der Waals surface area contributed by atoms with E-state index in [0.717, 1.165) is 45.6 Å². The second kappa shape index (κ2) is 18.9. The molecule has 0 aliphatic carbocycles. The fraction of sp³-hybridized carbons (Fsp3) is 0.323. The molecule has 2 aromatic carbocycles. The number of piperazine rings is 1. The molecule has 44 heavy (non-hydrogen) atoms. The van der Waals surface area contributed by atoms with Crippen molar-refractivity contribution in [3.05, 3.63) is 84.0 Å². The second-order valence-corrected chi connectivity index (χ2v) is 10.6. The first-order valence-electron chi connectivity index (χ1n) is 13.7.